The number of likely N-dealkylation sites (N-methyl/N-ethyl adjacent to an activating group) is 2. The summed E-state index contributed by atoms with van der Waals surface area (Å²) in [6.07, 6.45) is 0.225. The highest BCUT2D eigenvalue weighted by atomic mass is 16.3. The second-order valence-corrected chi connectivity index (χ2v) is 19.9. The molecule has 11 amide bonds. The van der Waals surface area contributed by atoms with Gasteiger partial charge >= 0.3 is 0 Å². The van der Waals surface area contributed by atoms with Crippen LogP contribution in [-0.4, -0.2) is 185 Å². The van der Waals surface area contributed by atoms with Gasteiger partial charge in [0.25, 0.3) is 0 Å². The molecule has 0 radical (unpaired) electrons. The van der Waals surface area contributed by atoms with Crippen molar-refractivity contribution in [1.29, 1.82) is 0 Å². The summed E-state index contributed by atoms with van der Waals surface area (Å²) in [6.45, 7) is 17.0. The van der Waals surface area contributed by atoms with E-state index in [1.165, 1.54) is 39.8 Å². The molecule has 26 nitrogen and oxygen atoms in total. The highest BCUT2D eigenvalue weighted by molar-refractivity contribution is 5.99. The van der Waals surface area contributed by atoms with E-state index in [2.05, 4.69) is 42.2 Å². The van der Waals surface area contributed by atoms with Crippen LogP contribution in [0.3, 0.4) is 0 Å². The van der Waals surface area contributed by atoms with Crippen LogP contribution < -0.4 is 54.4 Å². The van der Waals surface area contributed by atoms with Gasteiger partial charge in [-0.15, -0.1) is 0 Å². The number of rotatable bonds is 30. The molecule has 74 heavy (non-hydrogen) atoms. The molecule has 0 aromatic carbocycles. The van der Waals surface area contributed by atoms with Crippen LogP contribution in [0.1, 0.15) is 115 Å². The van der Waals surface area contributed by atoms with Crippen LogP contribution >= 0.6 is 0 Å². The Hall–Kier alpha value is -6.60. The van der Waals surface area contributed by atoms with Gasteiger partial charge in [-0.1, -0.05) is 68.2 Å². The maximum Gasteiger partial charge on any atom is 0.248 e. The summed E-state index contributed by atoms with van der Waals surface area (Å²) in [7, 11) is 2.72. The van der Waals surface area contributed by atoms with E-state index in [4.69, 9.17) is 17.2 Å². The summed E-state index contributed by atoms with van der Waals surface area (Å²) in [5.41, 5.74) is 16.4. The number of aliphatic imine (C=N–C) groups is 1. The number of likely N-dealkylation sites (tertiary alicyclic amines) is 1. The number of carbonyl (C=O) groups is 11. The summed E-state index contributed by atoms with van der Waals surface area (Å²) in [6, 6.07) is -9.84. The average Bonchev–Trinajstić information content (AvgIpc) is 3.82. The SMILES string of the molecule is CC[C@H](C)[C@H](NC(=O)[C@H](C(C)C)N(C)C(=O)[C@@H](NC(=O)[C@H](NC(=O)[C@@H](NC(=O)CNC(=O)CN(C)C(C)=O)C(C)C)[C@@H](C)CC)[C@@H](C)O)C(=O)N[C@@H](CCCN=C(N)N)C(=O)N1CCC[C@H]1C(=O)N[C@H](C)C(N)=O. The first-order valence-electron chi connectivity index (χ1n) is 25.3. The molecular formula is C48H86N14O12. The van der Waals surface area contributed by atoms with Crippen LogP contribution in [0.2, 0.25) is 0 Å². The number of amides is 11. The molecule has 14 N–H and O–H groups in total. The molecule has 0 aliphatic carbocycles. The van der Waals surface area contributed by atoms with Gasteiger partial charge in [0.05, 0.1) is 19.2 Å². The van der Waals surface area contributed by atoms with Gasteiger partial charge in [0, 0.05) is 34.1 Å². The number of primary amides is 1. The Morgan fingerprint density at radius 1 is 0.689 bits per heavy atom. The quantitative estimate of drug-likeness (QED) is 0.0190. The van der Waals surface area contributed by atoms with Gasteiger partial charge in [0.1, 0.15) is 48.3 Å². The topological polar surface area (TPSA) is 392 Å². The van der Waals surface area contributed by atoms with Gasteiger partial charge in [-0.05, 0) is 63.2 Å². The normalized spacial score (nSPS) is 17.3. The fourth-order valence-corrected chi connectivity index (χ4v) is 8.03. The van der Waals surface area contributed by atoms with E-state index in [9.17, 15) is 57.8 Å². The minimum atomic E-state index is -1.65. The number of hydrogen-bond donors (Lipinski definition) is 11. The van der Waals surface area contributed by atoms with Crippen molar-refractivity contribution in [3.8, 4) is 0 Å². The van der Waals surface area contributed by atoms with Crippen LogP contribution in [0.25, 0.3) is 0 Å². The first-order valence-corrected chi connectivity index (χ1v) is 25.3. The van der Waals surface area contributed by atoms with E-state index in [1.807, 2.05) is 0 Å². The lowest BCUT2D eigenvalue weighted by Gasteiger charge is -2.36. The number of nitrogens with one attached hydrogen (secondary N) is 7. The molecule has 1 heterocycles. The molecule has 1 saturated heterocycles. The third-order valence-electron chi connectivity index (χ3n) is 13.1. The predicted octanol–water partition coefficient (Wildman–Crippen LogP) is -3.35. The lowest BCUT2D eigenvalue weighted by molar-refractivity contribution is -0.147. The summed E-state index contributed by atoms with van der Waals surface area (Å²) in [4.78, 5) is 154. The molecule has 0 saturated carbocycles. The highest BCUT2D eigenvalue weighted by Gasteiger charge is 2.42. The van der Waals surface area contributed by atoms with E-state index in [1.54, 1.807) is 55.4 Å². The molecule has 0 unspecified atom stereocenters. The molecule has 0 spiro atoms. The molecule has 1 fully saturated rings. The number of hydrogen-bond acceptors (Lipinski definition) is 13. The van der Waals surface area contributed by atoms with Crippen LogP contribution in [0.15, 0.2) is 4.99 Å². The standard InChI is InChI=1S/C48H86N14O12/c1-14-26(7)36(43(70)55-31(18-16-20-52-48(50)51)46(73)62-21-17-19-32(62)41(68)54-28(9)40(49)67)58-45(72)39(25(5)6)61(13)47(74)38(29(10)63)59-44(71)37(27(8)15-2)57-42(69)35(24(3)4)56-33(65)22-53-34(66)23-60(12)30(11)64/h24-29,31-32,35-39,63H,14-23H2,1-13H3,(H2,49,67)(H,53,66)(H,54,68)(H,55,70)(H,56,65)(H,57,69)(H,58,72)(H,59,71)(H4,50,51,52)/t26-,27-,28+,29+,31-,32-,35-,36-,37+,38-,39-/m0/s1. The predicted molar refractivity (Wildman–Crippen MR) is 274 cm³/mol. The largest absolute Gasteiger partial charge is 0.391 e. The fourth-order valence-electron chi connectivity index (χ4n) is 8.03. The second kappa shape index (κ2) is 31.2. The number of nitrogens with two attached hydrogens (primary N) is 3. The van der Waals surface area contributed by atoms with Crippen LogP contribution in [-0.2, 0) is 52.7 Å². The van der Waals surface area contributed by atoms with Crippen LogP contribution in [0.4, 0.5) is 0 Å². The van der Waals surface area contributed by atoms with Gasteiger partial charge in [0.15, 0.2) is 5.96 Å². The molecule has 0 aromatic heterocycles. The molecule has 1 rings (SSSR count). The Morgan fingerprint density at radius 2 is 1.22 bits per heavy atom. The van der Waals surface area contributed by atoms with Crippen molar-refractivity contribution >= 4 is 70.9 Å². The maximum absolute atomic E-state index is 14.4. The van der Waals surface area contributed by atoms with Crippen molar-refractivity contribution < 1.29 is 57.8 Å². The highest BCUT2D eigenvalue weighted by Crippen LogP contribution is 2.22. The zero-order valence-corrected chi connectivity index (χ0v) is 45.5. The lowest BCUT2D eigenvalue weighted by atomic mass is 9.94. The molecule has 0 bridgehead atoms. The smallest absolute Gasteiger partial charge is 0.248 e. The van der Waals surface area contributed by atoms with Gasteiger partial charge in [-0.2, -0.15) is 0 Å². The first-order chi connectivity index (χ1) is 34.4. The van der Waals surface area contributed by atoms with Crippen molar-refractivity contribution in [2.24, 2.45) is 45.9 Å². The number of aliphatic hydroxyl groups excluding tert-OH is 1. The Morgan fingerprint density at radius 3 is 1.70 bits per heavy atom. The Labute approximate surface area is 435 Å². The van der Waals surface area contributed by atoms with Gasteiger partial charge in [-0.25, -0.2) is 0 Å². The van der Waals surface area contributed by atoms with E-state index >= 15 is 0 Å². The summed E-state index contributed by atoms with van der Waals surface area (Å²) >= 11 is 0. The molecule has 26 heteroatoms. The van der Waals surface area contributed by atoms with Gasteiger partial charge < -0.3 is 74.2 Å². The zero-order chi connectivity index (χ0) is 56.9. The van der Waals surface area contributed by atoms with E-state index < -0.39 is 144 Å². The third-order valence-corrected chi connectivity index (χ3v) is 13.1. The van der Waals surface area contributed by atoms with Crippen molar-refractivity contribution in [2.75, 3.05) is 40.3 Å². The summed E-state index contributed by atoms with van der Waals surface area (Å²) in [5, 5.41) is 29.2. The van der Waals surface area contributed by atoms with Crippen molar-refractivity contribution in [1.82, 2.24) is 51.9 Å². The van der Waals surface area contributed by atoms with E-state index in [0.29, 0.717) is 19.3 Å². The van der Waals surface area contributed by atoms with Crippen molar-refractivity contribution in [3.63, 3.8) is 0 Å². The van der Waals surface area contributed by atoms with Crippen molar-refractivity contribution in [3.05, 3.63) is 0 Å². The minimum Gasteiger partial charge on any atom is -0.391 e. The Bertz CT molecular complexity index is 2010. The van der Waals surface area contributed by atoms with Crippen molar-refractivity contribution in [2.45, 2.75) is 169 Å². The lowest BCUT2D eigenvalue weighted by Crippen LogP contribution is -2.64. The van der Waals surface area contributed by atoms with E-state index in [0.717, 1.165) is 9.80 Å². The number of guanidine groups is 1. The zero-order valence-electron chi connectivity index (χ0n) is 45.5. The Balaban J connectivity index is 3.42. The van der Waals surface area contributed by atoms with Crippen LogP contribution in [0, 0.1) is 23.7 Å². The second-order valence-electron chi connectivity index (χ2n) is 19.9. The summed E-state index contributed by atoms with van der Waals surface area (Å²) in [5.74, 6) is -9.96. The number of aliphatic hydroxyl groups is 1. The van der Waals surface area contributed by atoms with E-state index in [-0.39, 0.29) is 50.8 Å². The molecule has 1 aliphatic heterocycles. The fraction of sp³-hybridized carbons (Fsp3) is 0.750. The molecular weight excluding hydrogens is 965 g/mol. The maximum atomic E-state index is 14.4. The first kappa shape index (κ1) is 65.4. The number of carbonyl (C=O) groups excluding carboxylic acids is 11. The molecule has 11 atom stereocenters. The minimum absolute atomic E-state index is 0.0315. The molecule has 420 valence electrons. The van der Waals surface area contributed by atoms with Gasteiger partial charge in [-0.3, -0.25) is 57.7 Å². The number of nitrogens with zero attached hydrogens (tertiary/aromatic N) is 4. The third kappa shape index (κ3) is 20.4. The molecule has 1 aliphatic rings. The monoisotopic (exact) mass is 1050 g/mol. The van der Waals surface area contributed by atoms with Crippen LogP contribution in [0.5, 0.6) is 0 Å². The average molecular weight is 1050 g/mol. The summed E-state index contributed by atoms with van der Waals surface area (Å²) < 4.78 is 0. The molecule has 0 aromatic rings. The Kier molecular flexibility index (Phi) is 27.6. The van der Waals surface area contributed by atoms with Gasteiger partial charge in [0.2, 0.25) is 65.0 Å².